The Morgan fingerprint density at radius 1 is 0.750 bits per heavy atom. The van der Waals surface area contributed by atoms with E-state index in [0.717, 1.165) is 59.4 Å². The fourth-order valence-electron chi connectivity index (χ4n) is 6.05. The maximum Gasteiger partial charge on any atom is 0.240 e. The summed E-state index contributed by atoms with van der Waals surface area (Å²) in [5, 5.41) is 9.52. The van der Waals surface area contributed by atoms with Crippen molar-refractivity contribution in [1.29, 1.82) is 0 Å². The standard InChI is InChI=1S/C36H40N2O5S/c39-26-27-15-17-29(18-16-27)35-23-33(25-38-19-5-2-6-20-38)42-36(43-35)32-12-8-11-31(22-32)30-10-7-9-28(21-30)24-37-44(40,41)34-13-3-1-4-14-34/h1,3-4,7-18,21-22,33,35-37,39H,2,5-6,19-20,23-26H2/t33-,35+,36+/m0/s1. The number of aliphatic hydroxyl groups is 1. The largest absolute Gasteiger partial charge is 0.392 e. The second kappa shape index (κ2) is 14.2. The normalized spacial score (nSPS) is 21.2. The van der Waals surface area contributed by atoms with Crippen LogP contribution in [0, 0.1) is 0 Å². The second-order valence-electron chi connectivity index (χ2n) is 11.7. The summed E-state index contributed by atoms with van der Waals surface area (Å²) in [6, 6.07) is 32.5. The van der Waals surface area contributed by atoms with Gasteiger partial charge in [-0.05, 0) is 78.0 Å². The molecule has 0 saturated carbocycles. The lowest BCUT2D eigenvalue weighted by atomic mass is 9.98. The van der Waals surface area contributed by atoms with Gasteiger partial charge < -0.3 is 19.5 Å². The highest BCUT2D eigenvalue weighted by Gasteiger charge is 2.33. The molecule has 6 rings (SSSR count). The van der Waals surface area contributed by atoms with Crippen LogP contribution >= 0.6 is 0 Å². The number of hydrogen-bond donors (Lipinski definition) is 2. The van der Waals surface area contributed by atoms with Crippen molar-refractivity contribution in [3.63, 3.8) is 0 Å². The molecule has 3 atom stereocenters. The van der Waals surface area contributed by atoms with Crippen LogP contribution in [0.4, 0.5) is 0 Å². The summed E-state index contributed by atoms with van der Waals surface area (Å²) in [6.45, 7) is 3.30. The third-order valence-corrected chi connectivity index (χ3v) is 9.88. The maximum absolute atomic E-state index is 12.7. The molecule has 0 amide bonds. The number of rotatable bonds is 10. The Morgan fingerprint density at radius 2 is 1.48 bits per heavy atom. The molecule has 2 heterocycles. The summed E-state index contributed by atoms with van der Waals surface area (Å²) >= 11 is 0. The van der Waals surface area contributed by atoms with Gasteiger partial charge in [0.05, 0.1) is 23.7 Å². The molecular formula is C36H40N2O5S. The molecular weight excluding hydrogens is 572 g/mol. The fourth-order valence-corrected chi connectivity index (χ4v) is 7.09. The van der Waals surface area contributed by atoms with E-state index in [1.165, 1.54) is 19.3 Å². The summed E-state index contributed by atoms with van der Waals surface area (Å²) in [4.78, 5) is 2.76. The van der Waals surface area contributed by atoms with Crippen molar-refractivity contribution in [3.05, 3.63) is 125 Å². The minimum Gasteiger partial charge on any atom is -0.392 e. The SMILES string of the molecule is O=S(=O)(NCc1cccc(-c2cccc([C@@H]3O[C@H](CN4CCCCC4)C[C@H](c4ccc(CO)cc4)O3)c2)c1)c1ccccc1. The van der Waals surface area contributed by atoms with E-state index in [-0.39, 0.29) is 30.3 Å². The van der Waals surface area contributed by atoms with Crippen LogP contribution in [0.5, 0.6) is 0 Å². The Balaban J connectivity index is 1.21. The lowest BCUT2D eigenvalue weighted by molar-refractivity contribution is -0.253. The molecule has 0 bridgehead atoms. The maximum atomic E-state index is 12.7. The first-order chi connectivity index (χ1) is 21.5. The van der Waals surface area contributed by atoms with Gasteiger partial charge in [-0.3, -0.25) is 0 Å². The molecule has 0 unspecified atom stereocenters. The highest BCUT2D eigenvalue weighted by Crippen LogP contribution is 2.39. The summed E-state index contributed by atoms with van der Waals surface area (Å²) < 4.78 is 41.4. The van der Waals surface area contributed by atoms with Crippen LogP contribution in [-0.2, 0) is 32.6 Å². The molecule has 2 N–H and O–H groups in total. The van der Waals surface area contributed by atoms with Gasteiger partial charge in [-0.25, -0.2) is 13.1 Å². The number of nitrogens with one attached hydrogen (secondary N) is 1. The molecule has 0 spiro atoms. The van der Waals surface area contributed by atoms with E-state index in [2.05, 4.69) is 21.8 Å². The lowest BCUT2D eigenvalue weighted by Gasteiger charge is -2.39. The van der Waals surface area contributed by atoms with Crippen molar-refractivity contribution in [2.45, 2.75) is 62.2 Å². The van der Waals surface area contributed by atoms with Gasteiger partial charge in [0.2, 0.25) is 10.0 Å². The first-order valence-corrected chi connectivity index (χ1v) is 16.9. The lowest BCUT2D eigenvalue weighted by Crippen LogP contribution is -2.41. The van der Waals surface area contributed by atoms with Gasteiger partial charge in [0.15, 0.2) is 6.29 Å². The van der Waals surface area contributed by atoms with Crippen molar-refractivity contribution in [2.24, 2.45) is 0 Å². The van der Waals surface area contributed by atoms with E-state index in [1.807, 2.05) is 60.7 Å². The van der Waals surface area contributed by atoms with E-state index in [0.29, 0.717) is 0 Å². The third kappa shape index (κ3) is 7.64. The Kier molecular flexibility index (Phi) is 9.86. The molecule has 7 nitrogen and oxygen atoms in total. The summed E-state index contributed by atoms with van der Waals surface area (Å²) in [5.41, 5.74) is 5.76. The van der Waals surface area contributed by atoms with Crippen LogP contribution in [0.1, 0.15) is 60.3 Å². The highest BCUT2D eigenvalue weighted by molar-refractivity contribution is 7.89. The zero-order valence-corrected chi connectivity index (χ0v) is 25.7. The first-order valence-electron chi connectivity index (χ1n) is 15.4. The minimum atomic E-state index is -3.60. The quantitative estimate of drug-likeness (QED) is 0.217. The number of hydrogen-bond acceptors (Lipinski definition) is 6. The third-order valence-electron chi connectivity index (χ3n) is 8.46. The molecule has 2 aliphatic heterocycles. The fraction of sp³-hybridized carbons (Fsp3) is 0.333. The number of aliphatic hydroxyl groups excluding tert-OH is 1. The average Bonchev–Trinajstić information content (AvgIpc) is 3.08. The monoisotopic (exact) mass is 612 g/mol. The van der Waals surface area contributed by atoms with Crippen molar-refractivity contribution in [3.8, 4) is 11.1 Å². The number of benzene rings is 4. The van der Waals surface area contributed by atoms with E-state index in [1.54, 1.807) is 30.3 Å². The van der Waals surface area contributed by atoms with E-state index >= 15 is 0 Å². The molecule has 2 fully saturated rings. The Bertz CT molecular complexity index is 1620. The van der Waals surface area contributed by atoms with Crippen molar-refractivity contribution in [2.75, 3.05) is 19.6 Å². The molecule has 4 aromatic rings. The van der Waals surface area contributed by atoms with Gasteiger partial charge in [0, 0.05) is 25.1 Å². The summed E-state index contributed by atoms with van der Waals surface area (Å²) in [7, 11) is -3.60. The van der Waals surface area contributed by atoms with Crippen molar-refractivity contribution >= 4 is 10.0 Å². The zero-order valence-electron chi connectivity index (χ0n) is 24.8. The predicted molar refractivity (Wildman–Crippen MR) is 171 cm³/mol. The zero-order chi connectivity index (χ0) is 30.4. The minimum absolute atomic E-state index is 0.0159. The summed E-state index contributed by atoms with van der Waals surface area (Å²) in [5.74, 6) is 0. The van der Waals surface area contributed by atoms with Gasteiger partial charge in [-0.1, -0.05) is 85.3 Å². The molecule has 2 saturated heterocycles. The van der Waals surface area contributed by atoms with Gasteiger partial charge in [0.1, 0.15) is 0 Å². The number of sulfonamides is 1. The summed E-state index contributed by atoms with van der Waals surface area (Å²) in [6.07, 6.45) is 3.90. The van der Waals surface area contributed by atoms with E-state index < -0.39 is 16.3 Å². The van der Waals surface area contributed by atoms with Crippen LogP contribution in [0.15, 0.2) is 108 Å². The van der Waals surface area contributed by atoms with Crippen molar-refractivity contribution < 1.29 is 23.0 Å². The van der Waals surface area contributed by atoms with Crippen molar-refractivity contribution in [1.82, 2.24) is 9.62 Å². The molecule has 0 radical (unpaired) electrons. The Hall–Kier alpha value is -3.37. The van der Waals surface area contributed by atoms with Gasteiger partial charge >= 0.3 is 0 Å². The van der Waals surface area contributed by atoms with Crippen LogP contribution in [0.3, 0.4) is 0 Å². The Morgan fingerprint density at radius 3 is 2.23 bits per heavy atom. The van der Waals surface area contributed by atoms with Crippen LogP contribution in [-0.4, -0.2) is 44.2 Å². The van der Waals surface area contributed by atoms with Crippen LogP contribution < -0.4 is 4.72 Å². The highest BCUT2D eigenvalue weighted by atomic mass is 32.2. The topological polar surface area (TPSA) is 88.1 Å². The van der Waals surface area contributed by atoms with Gasteiger partial charge in [-0.15, -0.1) is 0 Å². The number of nitrogens with zero attached hydrogens (tertiary/aromatic N) is 1. The smallest absolute Gasteiger partial charge is 0.240 e. The average molecular weight is 613 g/mol. The van der Waals surface area contributed by atoms with E-state index in [9.17, 15) is 13.5 Å². The van der Waals surface area contributed by atoms with E-state index in [4.69, 9.17) is 9.47 Å². The number of likely N-dealkylation sites (tertiary alicyclic amines) is 1. The molecule has 0 aliphatic carbocycles. The van der Waals surface area contributed by atoms with Gasteiger partial charge in [0.25, 0.3) is 0 Å². The number of ether oxygens (including phenoxy) is 2. The molecule has 0 aromatic heterocycles. The molecule has 44 heavy (non-hydrogen) atoms. The number of piperidine rings is 1. The first kappa shape index (κ1) is 30.6. The molecule has 8 heteroatoms. The predicted octanol–water partition coefficient (Wildman–Crippen LogP) is 6.36. The Labute approximate surface area is 260 Å². The molecule has 2 aliphatic rings. The molecule has 230 valence electrons. The second-order valence-corrected chi connectivity index (χ2v) is 13.4. The van der Waals surface area contributed by atoms with Crippen LogP contribution in [0.25, 0.3) is 11.1 Å². The van der Waals surface area contributed by atoms with Gasteiger partial charge in [-0.2, -0.15) is 0 Å². The molecule has 4 aromatic carbocycles. The van der Waals surface area contributed by atoms with Crippen LogP contribution in [0.2, 0.25) is 0 Å².